The van der Waals surface area contributed by atoms with E-state index in [4.69, 9.17) is 9.47 Å². The van der Waals surface area contributed by atoms with Crippen molar-refractivity contribution < 1.29 is 19.1 Å². The van der Waals surface area contributed by atoms with E-state index in [2.05, 4.69) is 15.7 Å². The summed E-state index contributed by atoms with van der Waals surface area (Å²) < 4.78 is 12.0. The lowest BCUT2D eigenvalue weighted by atomic mass is 10.1. The van der Waals surface area contributed by atoms with Crippen LogP contribution in [0.3, 0.4) is 0 Å². The average Bonchev–Trinajstić information content (AvgIpc) is 2.79. The molecule has 2 amide bonds. The van der Waals surface area contributed by atoms with Crippen molar-refractivity contribution in [3.05, 3.63) is 71.0 Å². The zero-order chi connectivity index (χ0) is 22.9. The fraction of sp³-hybridized carbons (Fsp3) is 0.217. The fourth-order valence-corrected chi connectivity index (χ4v) is 2.88. The molecule has 0 fully saturated rings. The Labute approximate surface area is 185 Å². The van der Waals surface area contributed by atoms with Crippen LogP contribution < -0.4 is 25.7 Å². The molecule has 0 bridgehead atoms. The highest BCUT2D eigenvalue weighted by molar-refractivity contribution is 5.88. The highest BCUT2D eigenvalue weighted by Crippen LogP contribution is 2.21. The van der Waals surface area contributed by atoms with Gasteiger partial charge in [-0.2, -0.15) is 5.10 Å². The number of methoxy groups -OCH3 is 1. The second-order valence-electron chi connectivity index (χ2n) is 6.86. The smallest absolute Gasteiger partial charge is 0.266 e. The van der Waals surface area contributed by atoms with Crippen LogP contribution in [-0.2, 0) is 16.1 Å². The summed E-state index contributed by atoms with van der Waals surface area (Å²) in [4.78, 5) is 35.2. The number of hydrogen-bond donors (Lipinski definition) is 2. The van der Waals surface area contributed by atoms with Gasteiger partial charge < -0.3 is 20.1 Å². The minimum absolute atomic E-state index is 0.166. The van der Waals surface area contributed by atoms with Gasteiger partial charge in [0.05, 0.1) is 19.3 Å². The summed E-state index contributed by atoms with van der Waals surface area (Å²) in [6.45, 7) is 1.69. The van der Waals surface area contributed by atoms with Crippen LogP contribution in [0.1, 0.15) is 6.92 Å². The average molecular weight is 436 g/mol. The zero-order valence-electron chi connectivity index (χ0n) is 17.8. The van der Waals surface area contributed by atoms with Crippen LogP contribution in [-0.4, -0.2) is 41.9 Å². The molecule has 0 saturated heterocycles. The number of ether oxygens (including phenoxy) is 2. The number of amides is 2. The number of benzene rings is 2. The van der Waals surface area contributed by atoms with E-state index in [1.165, 1.54) is 17.7 Å². The molecule has 0 aliphatic heterocycles. The Morgan fingerprint density at radius 2 is 1.81 bits per heavy atom. The van der Waals surface area contributed by atoms with Crippen molar-refractivity contribution in [2.75, 3.05) is 25.6 Å². The number of carbonyl (C=O) groups is 2. The first-order valence-electron chi connectivity index (χ1n) is 9.94. The van der Waals surface area contributed by atoms with Gasteiger partial charge in [0, 0.05) is 30.8 Å². The quantitative estimate of drug-likeness (QED) is 0.531. The number of nitrogens with one attached hydrogen (secondary N) is 2. The number of hydrogen-bond acceptors (Lipinski definition) is 6. The molecule has 2 N–H and O–H groups in total. The van der Waals surface area contributed by atoms with Gasteiger partial charge in [0.15, 0.2) is 6.61 Å². The summed E-state index contributed by atoms with van der Waals surface area (Å²) in [6, 6.07) is 17.2. The molecule has 0 aliphatic carbocycles. The Balaban J connectivity index is 1.50. The Hall–Kier alpha value is -4.14. The fourth-order valence-electron chi connectivity index (χ4n) is 2.88. The summed E-state index contributed by atoms with van der Waals surface area (Å²) in [5, 5.41) is 9.73. The number of nitrogens with zero attached hydrogens (tertiary/aromatic N) is 2. The molecule has 0 saturated carbocycles. The van der Waals surface area contributed by atoms with E-state index in [9.17, 15) is 14.4 Å². The van der Waals surface area contributed by atoms with E-state index < -0.39 is 0 Å². The number of anilines is 1. The molecule has 3 rings (SSSR count). The number of carbonyl (C=O) groups excluding carboxylic acids is 2. The van der Waals surface area contributed by atoms with Gasteiger partial charge in [-0.15, -0.1) is 0 Å². The molecule has 3 aromatic rings. The van der Waals surface area contributed by atoms with Gasteiger partial charge >= 0.3 is 0 Å². The Bertz CT molecular complexity index is 1140. The highest BCUT2D eigenvalue weighted by atomic mass is 16.5. The van der Waals surface area contributed by atoms with Crippen LogP contribution in [0.2, 0.25) is 0 Å². The highest BCUT2D eigenvalue weighted by Gasteiger charge is 2.07. The van der Waals surface area contributed by atoms with Crippen LogP contribution in [0.15, 0.2) is 65.5 Å². The minimum atomic E-state index is -0.326. The summed E-state index contributed by atoms with van der Waals surface area (Å²) in [5.41, 5.74) is 1.82. The van der Waals surface area contributed by atoms with E-state index in [0.717, 1.165) is 5.56 Å². The summed E-state index contributed by atoms with van der Waals surface area (Å²) >= 11 is 0. The van der Waals surface area contributed by atoms with Crippen molar-refractivity contribution in [2.24, 2.45) is 0 Å². The van der Waals surface area contributed by atoms with Gasteiger partial charge in [-0.3, -0.25) is 14.4 Å². The molecule has 0 aliphatic rings. The molecule has 2 aromatic carbocycles. The maximum atomic E-state index is 12.1. The zero-order valence-corrected chi connectivity index (χ0v) is 17.8. The van der Waals surface area contributed by atoms with Gasteiger partial charge in [0.1, 0.15) is 11.5 Å². The van der Waals surface area contributed by atoms with Crippen molar-refractivity contribution in [3.8, 4) is 22.8 Å². The van der Waals surface area contributed by atoms with Crippen molar-refractivity contribution >= 4 is 17.5 Å². The second-order valence-corrected chi connectivity index (χ2v) is 6.86. The van der Waals surface area contributed by atoms with Gasteiger partial charge in [0.25, 0.3) is 11.5 Å². The summed E-state index contributed by atoms with van der Waals surface area (Å²) in [6.07, 6.45) is 0. The van der Waals surface area contributed by atoms with E-state index in [0.29, 0.717) is 22.9 Å². The van der Waals surface area contributed by atoms with Crippen molar-refractivity contribution in [2.45, 2.75) is 13.5 Å². The molecule has 0 radical (unpaired) electrons. The third kappa shape index (κ3) is 6.43. The van der Waals surface area contributed by atoms with Gasteiger partial charge in [-0.25, -0.2) is 4.68 Å². The van der Waals surface area contributed by atoms with Crippen LogP contribution in [0.5, 0.6) is 11.5 Å². The Morgan fingerprint density at radius 3 is 2.53 bits per heavy atom. The lowest BCUT2D eigenvalue weighted by Gasteiger charge is -2.10. The van der Waals surface area contributed by atoms with Gasteiger partial charge in [0.2, 0.25) is 5.91 Å². The van der Waals surface area contributed by atoms with E-state index in [-0.39, 0.29) is 37.1 Å². The standard InChI is InChI=1S/C23H24N4O5/c1-16(28)25-18-6-8-19(9-7-18)32-15-22(29)24-12-13-27-23(30)11-10-21(26-27)17-4-3-5-20(14-17)31-2/h3-11,14H,12-13,15H2,1-2H3,(H,24,29)(H,25,28). The molecular weight excluding hydrogens is 412 g/mol. The normalized spacial score (nSPS) is 10.3. The van der Waals surface area contributed by atoms with Crippen LogP contribution >= 0.6 is 0 Å². The Morgan fingerprint density at radius 1 is 1.03 bits per heavy atom. The molecule has 9 heteroatoms. The lowest BCUT2D eigenvalue weighted by molar-refractivity contribution is -0.123. The van der Waals surface area contributed by atoms with E-state index in [1.54, 1.807) is 37.4 Å². The molecule has 32 heavy (non-hydrogen) atoms. The monoisotopic (exact) mass is 436 g/mol. The third-order valence-electron chi connectivity index (χ3n) is 4.42. The van der Waals surface area contributed by atoms with Crippen LogP contribution in [0, 0.1) is 0 Å². The molecule has 1 heterocycles. The predicted molar refractivity (Wildman–Crippen MR) is 120 cm³/mol. The maximum absolute atomic E-state index is 12.1. The van der Waals surface area contributed by atoms with Crippen molar-refractivity contribution in [3.63, 3.8) is 0 Å². The maximum Gasteiger partial charge on any atom is 0.266 e. The minimum Gasteiger partial charge on any atom is -0.497 e. The first kappa shape index (κ1) is 22.5. The van der Waals surface area contributed by atoms with E-state index >= 15 is 0 Å². The van der Waals surface area contributed by atoms with Crippen molar-refractivity contribution in [1.29, 1.82) is 0 Å². The summed E-state index contributed by atoms with van der Waals surface area (Å²) in [7, 11) is 1.58. The third-order valence-corrected chi connectivity index (χ3v) is 4.42. The molecule has 0 spiro atoms. The molecule has 166 valence electrons. The molecular formula is C23H24N4O5. The topological polar surface area (TPSA) is 112 Å². The lowest BCUT2D eigenvalue weighted by Crippen LogP contribution is -2.34. The number of rotatable bonds is 9. The van der Waals surface area contributed by atoms with Gasteiger partial charge in [-0.05, 0) is 42.5 Å². The number of aromatic nitrogens is 2. The van der Waals surface area contributed by atoms with Crippen LogP contribution in [0.4, 0.5) is 5.69 Å². The summed E-state index contributed by atoms with van der Waals surface area (Å²) in [5.74, 6) is 0.700. The molecule has 0 unspecified atom stereocenters. The van der Waals surface area contributed by atoms with Gasteiger partial charge in [-0.1, -0.05) is 12.1 Å². The second kappa shape index (κ2) is 10.8. The van der Waals surface area contributed by atoms with Crippen LogP contribution in [0.25, 0.3) is 11.3 Å². The first-order valence-corrected chi connectivity index (χ1v) is 9.94. The Kier molecular flexibility index (Phi) is 7.58. The van der Waals surface area contributed by atoms with Crippen molar-refractivity contribution in [1.82, 2.24) is 15.1 Å². The van der Waals surface area contributed by atoms with E-state index in [1.807, 2.05) is 24.3 Å². The largest absolute Gasteiger partial charge is 0.497 e. The SMILES string of the molecule is COc1cccc(-c2ccc(=O)n(CCNC(=O)COc3ccc(NC(C)=O)cc3)n2)c1. The molecule has 9 nitrogen and oxygen atoms in total. The predicted octanol–water partition coefficient (Wildman–Crippen LogP) is 2.07. The molecule has 0 atom stereocenters. The molecule has 1 aromatic heterocycles. The first-order chi connectivity index (χ1) is 15.4.